The second-order valence-corrected chi connectivity index (χ2v) is 3.52. The van der Waals surface area contributed by atoms with E-state index in [1.165, 1.54) is 12.8 Å². The van der Waals surface area contributed by atoms with Crippen molar-refractivity contribution in [2.75, 3.05) is 0 Å². The quantitative estimate of drug-likeness (QED) is 0.729. The molecular weight excluding hydrogens is 180 g/mol. The van der Waals surface area contributed by atoms with Crippen molar-refractivity contribution in [1.29, 1.82) is 0 Å². The summed E-state index contributed by atoms with van der Waals surface area (Å²) in [5, 5.41) is 8.00. The molecular formula is C9H10N4O. The van der Waals surface area contributed by atoms with Gasteiger partial charge >= 0.3 is 0 Å². The lowest BCUT2D eigenvalue weighted by Crippen LogP contribution is -1.99. The molecule has 2 heterocycles. The van der Waals surface area contributed by atoms with E-state index in [-0.39, 0.29) is 0 Å². The van der Waals surface area contributed by atoms with E-state index >= 15 is 0 Å². The van der Waals surface area contributed by atoms with E-state index in [2.05, 4.69) is 15.2 Å². The Kier molecular flexibility index (Phi) is 1.62. The van der Waals surface area contributed by atoms with Crippen molar-refractivity contribution < 1.29 is 4.52 Å². The van der Waals surface area contributed by atoms with Crippen LogP contribution in [0.25, 0.3) is 0 Å². The second-order valence-electron chi connectivity index (χ2n) is 3.52. The van der Waals surface area contributed by atoms with Crippen LogP contribution < -0.4 is 0 Å². The molecule has 0 spiro atoms. The zero-order valence-corrected chi connectivity index (χ0v) is 7.63. The van der Waals surface area contributed by atoms with Crippen LogP contribution in [0.1, 0.15) is 30.5 Å². The topological polar surface area (TPSA) is 56.7 Å². The molecule has 1 aliphatic rings. The number of aromatic nitrogens is 4. The van der Waals surface area contributed by atoms with Crippen LogP contribution in [0.15, 0.2) is 23.0 Å². The average molecular weight is 190 g/mol. The minimum Gasteiger partial charge on any atom is -0.337 e. The lowest BCUT2D eigenvalue weighted by Gasteiger charge is -1.92. The van der Waals surface area contributed by atoms with Crippen molar-refractivity contribution in [2.24, 2.45) is 0 Å². The zero-order valence-electron chi connectivity index (χ0n) is 7.63. The van der Waals surface area contributed by atoms with Gasteiger partial charge in [-0.15, -0.1) is 0 Å². The Morgan fingerprint density at radius 3 is 3.14 bits per heavy atom. The lowest BCUT2D eigenvalue weighted by atomic mass is 10.4. The second kappa shape index (κ2) is 2.94. The molecule has 0 N–H and O–H groups in total. The fraction of sp³-hybridized carbons (Fsp3) is 0.444. The average Bonchev–Trinajstić information content (AvgIpc) is 2.75. The smallest absolute Gasteiger partial charge is 0.248 e. The highest BCUT2D eigenvalue weighted by atomic mass is 16.5. The van der Waals surface area contributed by atoms with Crippen LogP contribution in [0.3, 0.4) is 0 Å². The van der Waals surface area contributed by atoms with Gasteiger partial charge in [-0.3, -0.25) is 4.68 Å². The van der Waals surface area contributed by atoms with Gasteiger partial charge in [0.25, 0.3) is 0 Å². The number of nitrogens with zero attached hydrogens (tertiary/aromatic N) is 4. The minimum absolute atomic E-state index is 0.546. The van der Waals surface area contributed by atoms with Gasteiger partial charge < -0.3 is 4.52 Å². The summed E-state index contributed by atoms with van der Waals surface area (Å²) < 4.78 is 6.89. The van der Waals surface area contributed by atoms with Crippen molar-refractivity contribution in [3.05, 3.63) is 30.2 Å². The normalized spacial score (nSPS) is 16.0. The predicted octanol–water partition coefficient (Wildman–Crippen LogP) is 1.19. The van der Waals surface area contributed by atoms with E-state index in [0.717, 1.165) is 5.82 Å². The Hall–Kier alpha value is -1.65. The summed E-state index contributed by atoms with van der Waals surface area (Å²) in [4.78, 5) is 4.31. The van der Waals surface area contributed by atoms with Crippen molar-refractivity contribution in [1.82, 2.24) is 19.9 Å². The molecule has 1 saturated carbocycles. The zero-order chi connectivity index (χ0) is 9.38. The van der Waals surface area contributed by atoms with Gasteiger partial charge in [0.05, 0.1) is 0 Å². The van der Waals surface area contributed by atoms with Crippen LogP contribution in [0.4, 0.5) is 0 Å². The van der Waals surface area contributed by atoms with Crippen LogP contribution >= 0.6 is 0 Å². The van der Waals surface area contributed by atoms with Crippen molar-refractivity contribution >= 4 is 0 Å². The Morgan fingerprint density at radius 1 is 1.50 bits per heavy atom. The van der Waals surface area contributed by atoms with Crippen molar-refractivity contribution in [3.63, 3.8) is 0 Å². The lowest BCUT2D eigenvalue weighted by molar-refractivity contribution is 0.361. The van der Waals surface area contributed by atoms with Gasteiger partial charge in [0.15, 0.2) is 5.82 Å². The molecule has 5 nitrogen and oxygen atoms in total. The fourth-order valence-electron chi connectivity index (χ4n) is 1.37. The molecule has 0 atom stereocenters. The SMILES string of the molecule is c1cnn(Cc2nc(C3CC3)no2)c1. The molecule has 2 aromatic heterocycles. The standard InChI is InChI=1S/C9H10N4O/c1-4-10-13(5-1)6-8-11-9(12-14-8)7-2-3-7/h1,4-5,7H,2-3,6H2. The molecule has 0 aromatic carbocycles. The van der Waals surface area contributed by atoms with Crippen LogP contribution in [-0.4, -0.2) is 19.9 Å². The number of rotatable bonds is 3. The Bertz CT molecular complexity index is 416. The third kappa shape index (κ3) is 1.41. The van der Waals surface area contributed by atoms with Gasteiger partial charge in [0.2, 0.25) is 5.89 Å². The Labute approximate surface area is 80.7 Å². The fourth-order valence-corrected chi connectivity index (χ4v) is 1.37. The largest absolute Gasteiger partial charge is 0.337 e. The van der Waals surface area contributed by atoms with Gasteiger partial charge in [-0.2, -0.15) is 10.1 Å². The summed E-state index contributed by atoms with van der Waals surface area (Å²) in [6.45, 7) is 0.562. The van der Waals surface area contributed by atoms with Crippen molar-refractivity contribution in [2.45, 2.75) is 25.3 Å². The Morgan fingerprint density at radius 2 is 2.43 bits per heavy atom. The summed E-state index contributed by atoms with van der Waals surface area (Å²) in [6, 6.07) is 1.87. The summed E-state index contributed by atoms with van der Waals surface area (Å²) >= 11 is 0. The highest BCUT2D eigenvalue weighted by molar-refractivity contribution is 5.03. The van der Waals surface area contributed by atoms with Gasteiger partial charge in [-0.05, 0) is 18.9 Å². The molecule has 0 aliphatic heterocycles. The molecule has 72 valence electrons. The minimum atomic E-state index is 0.546. The van der Waals surface area contributed by atoms with E-state index in [1.54, 1.807) is 10.9 Å². The van der Waals surface area contributed by atoms with E-state index in [1.807, 2.05) is 12.3 Å². The monoisotopic (exact) mass is 190 g/mol. The Balaban J connectivity index is 1.76. The maximum absolute atomic E-state index is 5.12. The molecule has 1 aliphatic carbocycles. The van der Waals surface area contributed by atoms with Gasteiger partial charge in [-0.1, -0.05) is 5.16 Å². The molecule has 0 bridgehead atoms. The van der Waals surface area contributed by atoms with Crippen LogP contribution in [0.2, 0.25) is 0 Å². The molecule has 2 aromatic rings. The highest BCUT2D eigenvalue weighted by Crippen LogP contribution is 2.38. The summed E-state index contributed by atoms with van der Waals surface area (Å²) in [5.41, 5.74) is 0. The third-order valence-electron chi connectivity index (χ3n) is 2.28. The molecule has 0 saturated heterocycles. The summed E-state index contributed by atoms with van der Waals surface area (Å²) in [5.74, 6) is 2.04. The maximum Gasteiger partial charge on any atom is 0.248 e. The van der Waals surface area contributed by atoms with E-state index in [9.17, 15) is 0 Å². The van der Waals surface area contributed by atoms with Gasteiger partial charge in [0.1, 0.15) is 6.54 Å². The molecule has 14 heavy (non-hydrogen) atoms. The maximum atomic E-state index is 5.12. The first-order valence-electron chi connectivity index (χ1n) is 4.72. The van der Waals surface area contributed by atoms with Gasteiger partial charge in [0, 0.05) is 18.3 Å². The van der Waals surface area contributed by atoms with E-state index < -0.39 is 0 Å². The summed E-state index contributed by atoms with van der Waals surface area (Å²) in [6.07, 6.45) is 6.00. The first-order chi connectivity index (χ1) is 6.92. The number of hydrogen-bond acceptors (Lipinski definition) is 4. The third-order valence-corrected chi connectivity index (χ3v) is 2.28. The first kappa shape index (κ1) is 7.73. The first-order valence-corrected chi connectivity index (χ1v) is 4.72. The van der Waals surface area contributed by atoms with Crippen LogP contribution in [-0.2, 0) is 6.54 Å². The molecule has 0 unspecified atom stereocenters. The van der Waals surface area contributed by atoms with Crippen LogP contribution in [0, 0.1) is 0 Å². The molecule has 0 amide bonds. The number of hydrogen-bond donors (Lipinski definition) is 0. The van der Waals surface area contributed by atoms with Gasteiger partial charge in [-0.25, -0.2) is 0 Å². The van der Waals surface area contributed by atoms with E-state index in [4.69, 9.17) is 4.52 Å². The van der Waals surface area contributed by atoms with Crippen LogP contribution in [0.5, 0.6) is 0 Å². The molecule has 0 radical (unpaired) electrons. The molecule has 5 heteroatoms. The van der Waals surface area contributed by atoms with Crippen molar-refractivity contribution in [3.8, 4) is 0 Å². The molecule has 3 rings (SSSR count). The van der Waals surface area contributed by atoms with E-state index in [0.29, 0.717) is 18.4 Å². The summed E-state index contributed by atoms with van der Waals surface area (Å²) in [7, 11) is 0. The predicted molar refractivity (Wildman–Crippen MR) is 47.6 cm³/mol. The highest BCUT2D eigenvalue weighted by Gasteiger charge is 2.28. The molecule has 1 fully saturated rings.